The molecule has 3 aromatic heterocycles. The molecule has 0 bridgehead atoms. The Labute approximate surface area is 209 Å². The number of ether oxygens (including phenoxy) is 1. The van der Waals surface area contributed by atoms with Crippen LogP contribution in [0.1, 0.15) is 68.4 Å². The van der Waals surface area contributed by atoms with E-state index in [9.17, 15) is 15.2 Å². The number of carbonyl (C=O) groups is 1. The molecule has 11 nitrogen and oxygen atoms in total. The number of aliphatic carboxylic acids is 1. The molecule has 188 valence electrons. The van der Waals surface area contributed by atoms with Crippen LogP contribution < -0.4 is 4.74 Å². The standard InChI is InChI=1S/C25H30N8O3/c1-32-22(15-33-14-18(28-31-33)11-16-5-2-3-6-16)24(29-30-32)20-9-10-23(21(13-26)27-20)36-19-8-4-7-17(12-19)25(34)35/h9-10,14,16-17,19H,2-8,11-12,15H2,1H3,(H,34,35)/t17-,19-/m0/s1. The Hall–Kier alpha value is -3.81. The number of nitrogens with zero attached hydrogens (tertiary/aromatic N) is 8. The minimum absolute atomic E-state index is 0.140. The summed E-state index contributed by atoms with van der Waals surface area (Å²) in [6.07, 6.45) is 10.4. The van der Waals surface area contributed by atoms with Crippen LogP contribution in [0.25, 0.3) is 11.4 Å². The first kappa shape index (κ1) is 23.9. The molecule has 0 aromatic carbocycles. The zero-order chi connectivity index (χ0) is 25.1. The molecular weight excluding hydrogens is 460 g/mol. The largest absolute Gasteiger partial charge is 0.487 e. The molecule has 2 fully saturated rings. The maximum Gasteiger partial charge on any atom is 0.306 e. The molecule has 5 rings (SSSR count). The van der Waals surface area contributed by atoms with Crippen LogP contribution in [0.5, 0.6) is 5.75 Å². The first-order valence-corrected chi connectivity index (χ1v) is 12.6. The van der Waals surface area contributed by atoms with E-state index < -0.39 is 11.9 Å². The average molecular weight is 491 g/mol. The molecule has 36 heavy (non-hydrogen) atoms. The van der Waals surface area contributed by atoms with Gasteiger partial charge in [-0.1, -0.05) is 36.1 Å². The second-order valence-electron chi connectivity index (χ2n) is 9.87. The van der Waals surface area contributed by atoms with Crippen molar-refractivity contribution in [2.24, 2.45) is 18.9 Å². The van der Waals surface area contributed by atoms with Crippen molar-refractivity contribution in [3.05, 3.63) is 35.4 Å². The van der Waals surface area contributed by atoms with Crippen molar-refractivity contribution >= 4 is 5.97 Å². The summed E-state index contributed by atoms with van der Waals surface area (Å²) in [5, 5.41) is 36.2. The first-order chi connectivity index (χ1) is 17.5. The monoisotopic (exact) mass is 490 g/mol. The number of aryl methyl sites for hydroxylation is 1. The maximum atomic E-state index is 11.4. The van der Waals surface area contributed by atoms with Crippen LogP contribution in [-0.2, 0) is 24.8 Å². The highest BCUT2D eigenvalue weighted by molar-refractivity contribution is 5.70. The number of carboxylic acid groups (broad SMARTS) is 1. The van der Waals surface area contributed by atoms with Crippen molar-refractivity contribution in [3.8, 4) is 23.2 Å². The van der Waals surface area contributed by atoms with Crippen LogP contribution in [-0.4, -0.2) is 52.2 Å². The van der Waals surface area contributed by atoms with Gasteiger partial charge in [0.15, 0.2) is 11.4 Å². The molecule has 11 heteroatoms. The van der Waals surface area contributed by atoms with Crippen molar-refractivity contribution in [3.63, 3.8) is 0 Å². The van der Waals surface area contributed by atoms with E-state index in [0.717, 1.165) is 30.7 Å². The third-order valence-electron chi connectivity index (χ3n) is 7.29. The summed E-state index contributed by atoms with van der Waals surface area (Å²) in [6, 6.07) is 5.57. The minimum atomic E-state index is -0.800. The molecule has 2 atom stereocenters. The Morgan fingerprint density at radius 1 is 1.17 bits per heavy atom. The van der Waals surface area contributed by atoms with E-state index in [4.69, 9.17) is 4.74 Å². The summed E-state index contributed by atoms with van der Waals surface area (Å²) >= 11 is 0. The van der Waals surface area contributed by atoms with E-state index in [1.54, 1.807) is 21.5 Å². The van der Waals surface area contributed by atoms with Gasteiger partial charge in [-0.15, -0.1) is 10.2 Å². The Kier molecular flexibility index (Phi) is 6.93. The molecule has 3 aromatic rings. The Bertz CT molecular complexity index is 1270. The molecule has 1 N–H and O–H groups in total. The van der Waals surface area contributed by atoms with Crippen molar-refractivity contribution < 1.29 is 14.6 Å². The van der Waals surface area contributed by atoms with E-state index >= 15 is 0 Å². The Balaban J connectivity index is 1.32. The van der Waals surface area contributed by atoms with Crippen LogP contribution >= 0.6 is 0 Å². The van der Waals surface area contributed by atoms with Crippen molar-refractivity contribution in [1.82, 2.24) is 35.0 Å². The average Bonchev–Trinajstić information content (AvgIpc) is 3.63. The van der Waals surface area contributed by atoms with Gasteiger partial charge in [-0.2, -0.15) is 5.26 Å². The molecule has 2 aliphatic carbocycles. The SMILES string of the molecule is Cn1nnc(-c2ccc(O[C@H]3CCC[C@H](C(=O)O)C3)c(C#N)n2)c1Cn1cc(CC2CCCC2)nn1. The zero-order valence-corrected chi connectivity index (χ0v) is 20.4. The number of pyridine rings is 1. The van der Waals surface area contributed by atoms with Crippen LogP contribution in [0.15, 0.2) is 18.3 Å². The molecule has 0 spiro atoms. The second kappa shape index (κ2) is 10.4. The summed E-state index contributed by atoms with van der Waals surface area (Å²) in [7, 11) is 1.81. The fraction of sp³-hybridized carbons (Fsp3) is 0.560. The van der Waals surface area contributed by atoms with Gasteiger partial charge in [-0.25, -0.2) is 14.3 Å². The Morgan fingerprint density at radius 3 is 2.78 bits per heavy atom. The molecule has 3 heterocycles. The number of rotatable bonds is 8. The molecule has 2 saturated carbocycles. The van der Waals surface area contributed by atoms with Crippen molar-refractivity contribution in [1.29, 1.82) is 5.26 Å². The summed E-state index contributed by atoms with van der Waals surface area (Å²) in [5.74, 6) is -0.165. The molecule has 0 amide bonds. The highest BCUT2D eigenvalue weighted by Gasteiger charge is 2.29. The summed E-state index contributed by atoms with van der Waals surface area (Å²) in [6.45, 7) is 0.428. The summed E-state index contributed by atoms with van der Waals surface area (Å²) < 4.78 is 9.49. The first-order valence-electron chi connectivity index (χ1n) is 12.6. The van der Waals surface area contributed by atoms with E-state index in [1.807, 2.05) is 13.2 Å². The van der Waals surface area contributed by atoms with Gasteiger partial charge in [0.25, 0.3) is 0 Å². The van der Waals surface area contributed by atoms with Gasteiger partial charge in [-0.05, 0) is 50.2 Å². The fourth-order valence-corrected chi connectivity index (χ4v) is 5.34. The molecule has 0 saturated heterocycles. The molecule has 0 radical (unpaired) electrons. The summed E-state index contributed by atoms with van der Waals surface area (Å²) in [4.78, 5) is 15.9. The summed E-state index contributed by atoms with van der Waals surface area (Å²) in [5.41, 5.74) is 3.02. The normalized spacial score (nSPS) is 20.3. The predicted molar refractivity (Wildman–Crippen MR) is 128 cm³/mol. The number of aromatic nitrogens is 7. The van der Waals surface area contributed by atoms with Crippen LogP contribution in [0.2, 0.25) is 0 Å². The fourth-order valence-electron chi connectivity index (χ4n) is 5.34. The van der Waals surface area contributed by atoms with Gasteiger partial charge in [-0.3, -0.25) is 4.79 Å². The van der Waals surface area contributed by atoms with Crippen molar-refractivity contribution in [2.75, 3.05) is 0 Å². The third kappa shape index (κ3) is 5.22. The van der Waals surface area contributed by atoms with Gasteiger partial charge in [0.2, 0.25) is 0 Å². The number of nitriles is 1. The van der Waals surface area contributed by atoms with Gasteiger partial charge in [0.05, 0.1) is 35.6 Å². The minimum Gasteiger partial charge on any atom is -0.487 e. The highest BCUT2D eigenvalue weighted by atomic mass is 16.5. The highest BCUT2D eigenvalue weighted by Crippen LogP contribution is 2.31. The predicted octanol–water partition coefficient (Wildman–Crippen LogP) is 3.14. The third-order valence-corrected chi connectivity index (χ3v) is 7.29. The Morgan fingerprint density at radius 2 is 2.00 bits per heavy atom. The number of carboxylic acids is 1. The van der Waals surface area contributed by atoms with Gasteiger partial charge in [0.1, 0.15) is 11.8 Å². The lowest BCUT2D eigenvalue weighted by Crippen LogP contribution is -2.29. The smallest absolute Gasteiger partial charge is 0.306 e. The second-order valence-corrected chi connectivity index (χ2v) is 9.87. The van der Waals surface area contributed by atoms with Gasteiger partial charge < -0.3 is 9.84 Å². The van der Waals surface area contributed by atoms with Gasteiger partial charge in [0, 0.05) is 13.2 Å². The van der Waals surface area contributed by atoms with Crippen LogP contribution in [0.3, 0.4) is 0 Å². The number of hydrogen-bond acceptors (Lipinski definition) is 8. The van der Waals surface area contributed by atoms with E-state index in [2.05, 4.69) is 31.7 Å². The quantitative estimate of drug-likeness (QED) is 0.503. The topological polar surface area (TPSA) is 145 Å². The van der Waals surface area contributed by atoms with E-state index in [0.29, 0.717) is 42.4 Å². The van der Waals surface area contributed by atoms with Gasteiger partial charge >= 0.3 is 5.97 Å². The number of hydrogen-bond donors (Lipinski definition) is 1. The molecule has 2 aliphatic rings. The lowest BCUT2D eigenvalue weighted by atomic mass is 9.87. The lowest BCUT2D eigenvalue weighted by molar-refractivity contribution is -0.143. The maximum absolute atomic E-state index is 11.4. The molecule has 0 unspecified atom stereocenters. The van der Waals surface area contributed by atoms with E-state index in [-0.39, 0.29) is 11.8 Å². The molecule has 0 aliphatic heterocycles. The van der Waals surface area contributed by atoms with E-state index in [1.165, 1.54) is 25.7 Å². The zero-order valence-electron chi connectivity index (χ0n) is 20.4. The lowest BCUT2D eigenvalue weighted by Gasteiger charge is -2.27. The van der Waals surface area contributed by atoms with Crippen LogP contribution in [0, 0.1) is 23.2 Å². The van der Waals surface area contributed by atoms with Crippen molar-refractivity contribution in [2.45, 2.75) is 70.4 Å². The molecular formula is C25H30N8O3. The van der Waals surface area contributed by atoms with Crippen LogP contribution in [0.4, 0.5) is 0 Å².